The molecule has 4 atom stereocenters. The van der Waals surface area contributed by atoms with E-state index in [2.05, 4.69) is 16.0 Å². The van der Waals surface area contributed by atoms with E-state index in [1.54, 1.807) is 61.6 Å². The van der Waals surface area contributed by atoms with Crippen molar-refractivity contribution in [3.63, 3.8) is 0 Å². The van der Waals surface area contributed by atoms with Gasteiger partial charge in [-0.05, 0) is 110 Å². The second kappa shape index (κ2) is 23.9. The van der Waals surface area contributed by atoms with Crippen LogP contribution in [0.5, 0.6) is 34.5 Å². The molecule has 1 unspecified atom stereocenters. The van der Waals surface area contributed by atoms with Crippen LogP contribution in [0.1, 0.15) is 101 Å². The molecule has 0 radical (unpaired) electrons. The van der Waals surface area contributed by atoms with E-state index in [0.717, 1.165) is 23.3 Å². The predicted octanol–water partition coefficient (Wildman–Crippen LogP) is 5.53. The minimum Gasteiger partial charge on any atom is -0.493 e. The number of hydrogen-bond donors (Lipinski definition) is 3. The Morgan fingerprint density at radius 1 is 0.764 bits per heavy atom. The maximum absolute atomic E-state index is 14.5. The molecule has 6 amide bonds. The van der Waals surface area contributed by atoms with Crippen molar-refractivity contribution in [2.75, 3.05) is 67.1 Å². The Morgan fingerprint density at radius 3 is 2.19 bits per heavy atom. The van der Waals surface area contributed by atoms with Crippen LogP contribution in [0.3, 0.4) is 0 Å². The molecule has 19 heteroatoms. The summed E-state index contributed by atoms with van der Waals surface area (Å²) in [6.45, 7) is 2.24. The van der Waals surface area contributed by atoms with E-state index < -0.39 is 59.6 Å². The van der Waals surface area contributed by atoms with Crippen LogP contribution in [-0.4, -0.2) is 125 Å². The Labute approximate surface area is 417 Å². The van der Waals surface area contributed by atoms with Crippen molar-refractivity contribution in [3.05, 3.63) is 101 Å². The van der Waals surface area contributed by atoms with Gasteiger partial charge in [-0.15, -0.1) is 0 Å². The number of hydrogen-bond acceptors (Lipinski definition) is 15. The van der Waals surface area contributed by atoms with E-state index in [4.69, 9.17) is 33.2 Å². The molecule has 3 aliphatic heterocycles. The van der Waals surface area contributed by atoms with Gasteiger partial charge in [0.2, 0.25) is 23.5 Å². The molecule has 4 aromatic carbocycles. The highest BCUT2D eigenvalue weighted by atomic mass is 16.5. The molecular weight excluding hydrogens is 931 g/mol. The van der Waals surface area contributed by atoms with Crippen LogP contribution in [0.25, 0.3) is 0 Å². The zero-order valence-electron chi connectivity index (χ0n) is 41.3. The van der Waals surface area contributed by atoms with Crippen molar-refractivity contribution in [1.82, 2.24) is 20.4 Å². The van der Waals surface area contributed by atoms with Gasteiger partial charge in [-0.25, -0.2) is 4.79 Å². The van der Waals surface area contributed by atoms with Crippen molar-refractivity contribution >= 4 is 47.1 Å². The summed E-state index contributed by atoms with van der Waals surface area (Å²) in [6, 6.07) is 18.9. The van der Waals surface area contributed by atoms with Crippen molar-refractivity contribution in [2.24, 2.45) is 0 Å². The van der Waals surface area contributed by atoms with Gasteiger partial charge in [0.25, 0.3) is 17.7 Å². The smallest absolute Gasteiger partial charge is 0.329 e. The van der Waals surface area contributed by atoms with Crippen LogP contribution in [0.2, 0.25) is 0 Å². The number of methoxy groups -OCH3 is 5. The Morgan fingerprint density at radius 2 is 1.50 bits per heavy atom. The van der Waals surface area contributed by atoms with Crippen LogP contribution in [0.15, 0.2) is 72.8 Å². The number of nitrogens with zero attached hydrogens (tertiary/aromatic N) is 2. The number of ether oxygens (including phenoxy) is 7. The number of esters is 1. The lowest BCUT2D eigenvalue weighted by atomic mass is 9.91. The van der Waals surface area contributed by atoms with Gasteiger partial charge in [-0.1, -0.05) is 31.2 Å². The monoisotopic (exact) mass is 991 g/mol. The number of aryl methyl sites for hydroxylation is 1. The van der Waals surface area contributed by atoms with E-state index in [9.17, 15) is 33.6 Å². The van der Waals surface area contributed by atoms with E-state index >= 15 is 0 Å². The Bertz CT molecular complexity index is 2670. The molecule has 0 spiro atoms. The molecule has 3 N–H and O–H groups in total. The predicted molar refractivity (Wildman–Crippen MR) is 262 cm³/mol. The summed E-state index contributed by atoms with van der Waals surface area (Å²) < 4.78 is 40.0. The fraction of sp³-hybridized carbons (Fsp3) is 0.415. The number of likely N-dealkylation sites (tertiary alicyclic amines) is 1. The standard InChI is InChI=1S/C53H61N5O14/c1-7-35(33-28-43(68-4)48(70-6)44(29-33)69-5)50(62)57-25-9-8-16-39(57)53(65)72-40(20-17-31-18-21-41(66-2)42(26-31)67-3)32-12-10-13-34(27-32)71-30-46(60)55-24-23-54-37-15-11-14-36-47(37)52(64)58(51(36)63)38-19-22-45(59)56-49(38)61/h10-15,18,21,26-29,35,38-40,54H,7-9,16-17,19-20,22-25,30H2,1-6H3,(H,55,60)(H,56,59,61)/t35-,38?,39-,40+/m0/s1. The number of rotatable bonds is 22. The SMILES string of the molecule is CC[C@H](C(=O)N1CCCC[C@H]1C(=O)O[C@H](CCc1ccc(OC)c(OC)c1)c1cccc(OCC(=O)NCCNc2cccc3c2C(=O)N(C2CCC(=O)NC2=O)C3=O)c1)c1cc(OC)c(OC)c(OC)c1. The number of anilines is 1. The first-order valence-corrected chi connectivity index (χ1v) is 23.9. The lowest BCUT2D eigenvalue weighted by Crippen LogP contribution is -2.54. The fourth-order valence-corrected chi connectivity index (χ4v) is 9.41. The molecule has 4 aromatic rings. The third-order valence-corrected chi connectivity index (χ3v) is 13.1. The molecule has 2 fully saturated rings. The summed E-state index contributed by atoms with van der Waals surface area (Å²) >= 11 is 0. The second-order valence-electron chi connectivity index (χ2n) is 17.4. The van der Waals surface area contributed by atoms with Crippen LogP contribution in [-0.2, 0) is 35.1 Å². The van der Waals surface area contributed by atoms with E-state index in [-0.39, 0.29) is 49.6 Å². The molecule has 382 valence electrons. The minimum absolute atomic E-state index is 0.00656. The first-order chi connectivity index (χ1) is 34.8. The normalized spacial score (nSPS) is 17.2. The van der Waals surface area contributed by atoms with Crippen LogP contribution in [0.4, 0.5) is 5.69 Å². The van der Waals surface area contributed by atoms with E-state index in [0.29, 0.717) is 83.5 Å². The van der Waals surface area contributed by atoms with Gasteiger partial charge < -0.3 is 48.7 Å². The third-order valence-electron chi connectivity index (χ3n) is 13.1. The number of piperidine rings is 2. The third kappa shape index (κ3) is 11.5. The molecule has 0 bridgehead atoms. The fourth-order valence-electron chi connectivity index (χ4n) is 9.41. The topological polar surface area (TPSA) is 227 Å². The summed E-state index contributed by atoms with van der Waals surface area (Å²) in [6.07, 6.45) is 2.38. The van der Waals surface area contributed by atoms with Crippen molar-refractivity contribution in [2.45, 2.75) is 82.4 Å². The molecule has 3 heterocycles. The molecule has 19 nitrogen and oxygen atoms in total. The molecule has 0 aromatic heterocycles. The Balaban J connectivity index is 1.01. The van der Waals surface area contributed by atoms with Crippen molar-refractivity contribution in [1.29, 1.82) is 0 Å². The molecule has 72 heavy (non-hydrogen) atoms. The molecular formula is C53H61N5O14. The van der Waals surface area contributed by atoms with Crippen molar-refractivity contribution < 1.29 is 66.7 Å². The molecule has 0 aliphatic carbocycles. The molecule has 7 rings (SSSR count). The van der Waals surface area contributed by atoms with Crippen LogP contribution >= 0.6 is 0 Å². The maximum Gasteiger partial charge on any atom is 0.329 e. The van der Waals surface area contributed by atoms with Gasteiger partial charge in [-0.2, -0.15) is 0 Å². The summed E-state index contributed by atoms with van der Waals surface area (Å²) in [7, 11) is 7.66. The van der Waals surface area contributed by atoms with Crippen LogP contribution in [0, 0.1) is 0 Å². The largest absolute Gasteiger partial charge is 0.493 e. The highest BCUT2D eigenvalue weighted by Gasteiger charge is 2.46. The summed E-state index contributed by atoms with van der Waals surface area (Å²) in [4.78, 5) is 95.5. The van der Waals surface area contributed by atoms with Gasteiger partial charge in [0, 0.05) is 31.7 Å². The number of fused-ring (bicyclic) bond motifs is 1. The Hall–Kier alpha value is -7.83. The summed E-state index contributed by atoms with van der Waals surface area (Å²) in [5, 5.41) is 8.07. The quantitative estimate of drug-likeness (QED) is 0.0500. The number of imide groups is 2. The summed E-state index contributed by atoms with van der Waals surface area (Å²) in [5.74, 6) is -1.53. The number of amides is 6. The first kappa shape index (κ1) is 52.0. The second-order valence-corrected chi connectivity index (χ2v) is 17.4. The van der Waals surface area contributed by atoms with Gasteiger partial charge in [-0.3, -0.25) is 39.0 Å². The molecule has 3 aliphatic rings. The average molecular weight is 992 g/mol. The van der Waals surface area contributed by atoms with Gasteiger partial charge in [0.05, 0.1) is 52.6 Å². The number of carbonyl (C=O) groups excluding carboxylic acids is 7. The van der Waals surface area contributed by atoms with E-state index in [1.165, 1.54) is 27.4 Å². The lowest BCUT2D eigenvalue weighted by molar-refractivity contribution is -0.162. The van der Waals surface area contributed by atoms with Gasteiger partial charge in [0.1, 0.15) is 23.9 Å². The number of carbonyl (C=O) groups is 7. The number of nitrogens with one attached hydrogen (secondary N) is 3. The highest BCUT2D eigenvalue weighted by molar-refractivity contribution is 6.25. The molecule has 2 saturated heterocycles. The first-order valence-electron chi connectivity index (χ1n) is 23.9. The van der Waals surface area contributed by atoms with Crippen LogP contribution < -0.4 is 44.4 Å². The lowest BCUT2D eigenvalue weighted by Gasteiger charge is -2.37. The zero-order chi connectivity index (χ0) is 51.5. The maximum atomic E-state index is 14.5. The number of benzene rings is 4. The van der Waals surface area contributed by atoms with Gasteiger partial charge >= 0.3 is 5.97 Å². The average Bonchev–Trinajstić information content (AvgIpc) is 3.65. The van der Waals surface area contributed by atoms with E-state index in [1.807, 2.05) is 31.2 Å². The van der Waals surface area contributed by atoms with Crippen molar-refractivity contribution in [3.8, 4) is 34.5 Å². The Kier molecular flexibility index (Phi) is 17.2. The minimum atomic E-state index is -1.10. The summed E-state index contributed by atoms with van der Waals surface area (Å²) in [5.41, 5.74) is 2.78. The molecule has 0 saturated carbocycles. The van der Waals surface area contributed by atoms with Gasteiger partial charge in [0.15, 0.2) is 29.6 Å². The zero-order valence-corrected chi connectivity index (χ0v) is 41.3. The highest BCUT2D eigenvalue weighted by Crippen LogP contribution is 2.42.